The van der Waals surface area contributed by atoms with E-state index in [9.17, 15) is 63.0 Å². The van der Waals surface area contributed by atoms with Crippen LogP contribution in [-0.2, 0) is 65.4 Å². The number of ether oxygens (including phenoxy) is 4. The number of amides is 4. The Hall–Kier alpha value is -4.62. The molecule has 632 valence electrons. The molecule has 0 bridgehead atoms. The number of carbonyl (C=O) groups excluding carboxylic acids is 6. The van der Waals surface area contributed by atoms with Crippen molar-refractivity contribution in [3.63, 3.8) is 0 Å². The van der Waals surface area contributed by atoms with Crippen LogP contribution in [0, 0.1) is 0 Å². The molecule has 1 aromatic rings. The van der Waals surface area contributed by atoms with Gasteiger partial charge in [0.1, 0.15) is 18.0 Å². The molecule has 0 aliphatic heterocycles. The number of phosphoric acid groups is 2. The third-order valence-electron chi connectivity index (χ3n) is 18.4. The first kappa shape index (κ1) is 102. The Morgan fingerprint density at radius 1 is 0.394 bits per heavy atom. The monoisotopic (exact) mass is 1590 g/mol. The van der Waals surface area contributed by atoms with E-state index in [2.05, 4.69) is 87.1 Å². The zero-order chi connectivity index (χ0) is 80.3. The van der Waals surface area contributed by atoms with E-state index in [0.717, 1.165) is 185 Å². The summed E-state index contributed by atoms with van der Waals surface area (Å²) in [6, 6.07) is 1.37. The van der Waals surface area contributed by atoms with Crippen LogP contribution in [-0.4, -0.2) is 163 Å². The van der Waals surface area contributed by atoms with Gasteiger partial charge in [-0.05, 0) is 121 Å². The Bertz CT molecular complexity index is 2490. The number of phenolic OH excluding ortho intramolecular Hbond substituents is 1. The molecule has 8 atom stereocenters. The van der Waals surface area contributed by atoms with Crippen LogP contribution >= 0.6 is 15.6 Å². The Kier molecular flexibility index (Phi) is 64.7. The van der Waals surface area contributed by atoms with Gasteiger partial charge in [-0.25, -0.2) is 9.13 Å². The van der Waals surface area contributed by atoms with Gasteiger partial charge >= 0.3 is 27.6 Å². The highest BCUT2D eigenvalue weighted by molar-refractivity contribution is 7.47. The van der Waals surface area contributed by atoms with Gasteiger partial charge in [-0.3, -0.25) is 46.9 Å². The van der Waals surface area contributed by atoms with Crippen molar-refractivity contribution in [3.8, 4) is 5.75 Å². The van der Waals surface area contributed by atoms with Gasteiger partial charge in [0.25, 0.3) is 11.8 Å². The second kappa shape index (κ2) is 68.9. The molecule has 4 amide bonds. The molecule has 0 heterocycles. The molecule has 0 aliphatic rings. The lowest BCUT2D eigenvalue weighted by Crippen LogP contribution is -2.43. The maximum Gasteiger partial charge on any atom is 0.472 e. The van der Waals surface area contributed by atoms with Gasteiger partial charge in [0.15, 0.2) is 0 Å². The third-order valence-corrected chi connectivity index (χ3v) is 20.4. The topological polar surface area (TPSA) is 360 Å². The van der Waals surface area contributed by atoms with Crippen LogP contribution in [0.3, 0.4) is 0 Å². The predicted molar refractivity (Wildman–Crippen MR) is 429 cm³/mol. The van der Waals surface area contributed by atoms with Crippen molar-refractivity contribution in [2.24, 2.45) is 0 Å². The molecule has 0 spiro atoms. The quantitative estimate of drug-likeness (QED) is 0.0127. The largest absolute Gasteiger partial charge is 0.508 e. The summed E-state index contributed by atoms with van der Waals surface area (Å²) in [5.41, 5.74) is -0.358. The van der Waals surface area contributed by atoms with Gasteiger partial charge in [0.2, 0.25) is 11.8 Å². The standard InChI is InChI=1S/C82H148N4O21P2/c1-7-13-19-25-27-29-31-37-43-49-79(92)106-75(47-41-35-23-17-11-5)62-77(90)85-70(64-100-55-51-72(87)45-39-33-21-15-9-3)66-104-108(96,97)102-57-53-83-81(94)68-59-69(61-74(89)60-68)82(95)84-54-58-103-109(98,99)105-67-71(65-101-56-52-73(88)46-40-34-22-16-10-4)86-78(91)63-76(48-42-36-24-18-12-6)107-80(93)50-44-38-32-30-28-26-20-14-8-2/h29-32,59-61,70-73,75-76,87-89H,7-28,33-58,62-67H2,1-6H3,(H,83,94)(H,84,95)(H,85,90)(H,86,91)(H,96,97)(H,98,99)/b31-29-,32-30-/t70?,71?,72?,73?,75-,76-/m1/s1. The van der Waals surface area contributed by atoms with Gasteiger partial charge in [-0.15, -0.1) is 0 Å². The first-order valence-corrected chi connectivity index (χ1v) is 45.0. The van der Waals surface area contributed by atoms with E-state index in [1.54, 1.807) is 0 Å². The van der Waals surface area contributed by atoms with E-state index in [0.29, 0.717) is 51.4 Å². The Balaban J connectivity index is 3.03. The number of unbranched alkanes of at least 4 members (excludes halogenated alkanes) is 26. The van der Waals surface area contributed by atoms with Gasteiger partial charge in [-0.2, -0.15) is 0 Å². The smallest absolute Gasteiger partial charge is 0.472 e. The first-order chi connectivity index (χ1) is 52.6. The number of carbonyl (C=O) groups is 6. The minimum atomic E-state index is -4.85. The van der Waals surface area contributed by atoms with Crippen LogP contribution in [0.2, 0.25) is 0 Å². The summed E-state index contributed by atoms with van der Waals surface area (Å²) in [6.45, 7) is 9.95. The second-order valence-electron chi connectivity index (χ2n) is 28.9. The minimum absolute atomic E-state index is 0.132. The molecular formula is C82H148N4O21P2. The Labute approximate surface area is 655 Å². The average molecular weight is 1590 g/mol. The number of phenols is 1. The summed E-state index contributed by atoms with van der Waals surface area (Å²) in [7, 11) is -9.70. The molecule has 0 aliphatic carbocycles. The van der Waals surface area contributed by atoms with E-state index >= 15 is 0 Å². The molecule has 0 saturated carbocycles. The number of allylic oxidation sites excluding steroid dienone is 4. The van der Waals surface area contributed by atoms with Crippen molar-refractivity contribution in [2.75, 3.05) is 65.9 Å². The summed E-state index contributed by atoms with van der Waals surface area (Å²) in [6.07, 6.45) is 43.0. The van der Waals surface area contributed by atoms with Crippen LogP contribution in [0.25, 0.3) is 0 Å². The first-order valence-electron chi connectivity index (χ1n) is 42.0. The van der Waals surface area contributed by atoms with Gasteiger partial charge < -0.3 is 65.3 Å². The molecule has 6 unspecified atom stereocenters. The molecule has 1 rings (SSSR count). The van der Waals surface area contributed by atoms with Crippen LogP contribution < -0.4 is 21.3 Å². The zero-order valence-corrected chi connectivity index (χ0v) is 69.6. The summed E-state index contributed by atoms with van der Waals surface area (Å²) in [4.78, 5) is 102. The molecule has 0 radical (unpaired) electrons. The third kappa shape index (κ3) is 61.6. The minimum Gasteiger partial charge on any atom is -0.508 e. The number of aliphatic hydroxyl groups excluding tert-OH is 2. The summed E-state index contributed by atoms with van der Waals surface area (Å²) < 4.78 is 71.0. The van der Waals surface area contributed by atoms with Crippen molar-refractivity contribution in [3.05, 3.63) is 53.6 Å². The highest BCUT2D eigenvalue weighted by atomic mass is 31.2. The number of phosphoric ester groups is 2. The molecule has 109 heavy (non-hydrogen) atoms. The summed E-state index contributed by atoms with van der Waals surface area (Å²) in [5.74, 6) is -3.85. The lowest BCUT2D eigenvalue weighted by atomic mass is 10.1. The molecule has 0 fully saturated rings. The van der Waals surface area contributed by atoms with E-state index in [4.69, 9.17) is 37.0 Å². The normalized spacial score (nSPS) is 14.5. The number of nitrogens with one attached hydrogen (secondary N) is 4. The number of esters is 2. The molecule has 1 aromatic carbocycles. The number of aromatic hydroxyl groups is 1. The van der Waals surface area contributed by atoms with E-state index in [-0.39, 0.29) is 76.3 Å². The number of hydrogen-bond donors (Lipinski definition) is 9. The summed E-state index contributed by atoms with van der Waals surface area (Å²) in [5, 5.41) is 42.4. The van der Waals surface area contributed by atoms with Gasteiger partial charge in [-0.1, -0.05) is 220 Å². The number of hydrogen-bond acceptors (Lipinski definition) is 19. The predicted octanol–water partition coefficient (Wildman–Crippen LogP) is 17.1. The number of aliphatic hydroxyl groups is 2. The molecule has 9 N–H and O–H groups in total. The van der Waals surface area contributed by atoms with Crippen LogP contribution in [0.15, 0.2) is 42.5 Å². The van der Waals surface area contributed by atoms with Crippen molar-refractivity contribution in [1.82, 2.24) is 21.3 Å². The van der Waals surface area contributed by atoms with Gasteiger partial charge in [0, 0.05) is 50.3 Å². The van der Waals surface area contributed by atoms with E-state index < -0.39 is 120 Å². The van der Waals surface area contributed by atoms with Crippen molar-refractivity contribution in [1.29, 1.82) is 0 Å². The van der Waals surface area contributed by atoms with Crippen LogP contribution in [0.1, 0.15) is 345 Å². The maximum absolute atomic E-state index is 13.7. The number of rotatable bonds is 76. The Morgan fingerprint density at radius 2 is 0.716 bits per heavy atom. The molecule has 0 aromatic heterocycles. The number of benzene rings is 1. The van der Waals surface area contributed by atoms with Crippen LogP contribution in [0.4, 0.5) is 0 Å². The van der Waals surface area contributed by atoms with Crippen molar-refractivity contribution < 1.29 is 100 Å². The highest BCUT2D eigenvalue weighted by Crippen LogP contribution is 2.44. The fourth-order valence-corrected chi connectivity index (χ4v) is 13.5. The highest BCUT2D eigenvalue weighted by Gasteiger charge is 2.29. The lowest BCUT2D eigenvalue weighted by molar-refractivity contribution is -0.152. The van der Waals surface area contributed by atoms with E-state index in [1.807, 2.05) is 0 Å². The fraction of sp³-hybridized carbons (Fsp3) is 0.805. The zero-order valence-electron chi connectivity index (χ0n) is 67.9. The second-order valence-corrected chi connectivity index (χ2v) is 31.8. The van der Waals surface area contributed by atoms with Crippen molar-refractivity contribution >= 4 is 51.2 Å². The average Bonchev–Trinajstić information content (AvgIpc) is 0.848. The van der Waals surface area contributed by atoms with E-state index in [1.165, 1.54) is 38.5 Å². The summed E-state index contributed by atoms with van der Waals surface area (Å²) >= 11 is 0. The SMILES string of the molecule is CCCCCC/C=C\CCCC(=O)O[C@H](CCCCCCC)CC(=O)NC(COCCC(O)CCCCCCC)COP(=O)(O)OCCNC(=O)c1cc(O)cc(C(=O)NCCOP(=O)(O)OCC(COCCC(O)CCCCCCC)NC(=O)C[C@@H](CCCCCCC)OC(=O)CCC/C=C\CCCCCC)c1. The Morgan fingerprint density at radius 3 is 1.06 bits per heavy atom. The molecular weight excluding hydrogens is 1440 g/mol. The van der Waals surface area contributed by atoms with Gasteiger partial charge in [0.05, 0.1) is 76.8 Å². The lowest BCUT2D eigenvalue weighted by Gasteiger charge is -2.23. The van der Waals surface area contributed by atoms with Crippen molar-refractivity contribution in [2.45, 2.75) is 361 Å². The molecule has 0 saturated heterocycles. The maximum atomic E-state index is 13.7. The molecule has 25 nitrogen and oxygen atoms in total. The molecule has 27 heteroatoms. The van der Waals surface area contributed by atoms with Crippen LogP contribution in [0.5, 0.6) is 5.75 Å². The fourth-order valence-electron chi connectivity index (χ4n) is 12.0.